The van der Waals surface area contributed by atoms with E-state index in [0.717, 1.165) is 4.47 Å². The number of benzene rings is 1. The van der Waals surface area contributed by atoms with Gasteiger partial charge in [0, 0.05) is 23.9 Å². The topological polar surface area (TPSA) is 71.1 Å². The third-order valence-electron chi connectivity index (χ3n) is 2.52. The summed E-state index contributed by atoms with van der Waals surface area (Å²) in [7, 11) is -2.13. The summed E-state index contributed by atoms with van der Waals surface area (Å²) in [5, 5.41) is 3.12. The van der Waals surface area contributed by atoms with Gasteiger partial charge in [0.1, 0.15) is 4.90 Å². The SMILES string of the molecule is CNc1ccncc1S(=O)(=O)Nc1ccc(Br)cc1Cl. The fourth-order valence-corrected chi connectivity index (χ4v) is 3.59. The number of anilines is 2. The van der Waals surface area contributed by atoms with Crippen molar-refractivity contribution >= 4 is 48.9 Å². The number of sulfonamides is 1. The number of hydrogen-bond donors (Lipinski definition) is 2. The molecule has 1 aromatic carbocycles. The van der Waals surface area contributed by atoms with Crippen LogP contribution in [0.2, 0.25) is 5.02 Å². The molecule has 8 heteroatoms. The van der Waals surface area contributed by atoms with Gasteiger partial charge in [0.05, 0.1) is 16.4 Å². The lowest BCUT2D eigenvalue weighted by molar-refractivity contribution is 0.601. The largest absolute Gasteiger partial charge is 0.387 e. The van der Waals surface area contributed by atoms with E-state index in [4.69, 9.17) is 11.6 Å². The van der Waals surface area contributed by atoms with Gasteiger partial charge < -0.3 is 5.32 Å². The Balaban J connectivity index is 2.41. The average Bonchev–Trinajstić information content (AvgIpc) is 2.42. The highest BCUT2D eigenvalue weighted by molar-refractivity contribution is 9.10. The number of pyridine rings is 1. The van der Waals surface area contributed by atoms with Crippen molar-refractivity contribution in [2.45, 2.75) is 4.90 Å². The van der Waals surface area contributed by atoms with Gasteiger partial charge in [-0.15, -0.1) is 0 Å². The maximum Gasteiger partial charge on any atom is 0.265 e. The summed E-state index contributed by atoms with van der Waals surface area (Å²) in [4.78, 5) is 3.90. The van der Waals surface area contributed by atoms with Gasteiger partial charge in [-0.2, -0.15) is 0 Å². The van der Waals surface area contributed by atoms with E-state index in [2.05, 4.69) is 31.0 Å². The zero-order chi connectivity index (χ0) is 14.8. The zero-order valence-electron chi connectivity index (χ0n) is 10.4. The quantitative estimate of drug-likeness (QED) is 0.858. The molecule has 0 amide bonds. The van der Waals surface area contributed by atoms with E-state index in [0.29, 0.717) is 16.4 Å². The first-order chi connectivity index (χ1) is 9.44. The highest BCUT2D eigenvalue weighted by Gasteiger charge is 2.19. The van der Waals surface area contributed by atoms with Crippen LogP contribution in [-0.2, 0) is 10.0 Å². The molecule has 0 unspecified atom stereocenters. The number of nitrogens with zero attached hydrogens (tertiary/aromatic N) is 1. The van der Waals surface area contributed by atoms with Crippen LogP contribution in [0.4, 0.5) is 11.4 Å². The summed E-state index contributed by atoms with van der Waals surface area (Å²) >= 11 is 9.27. The van der Waals surface area contributed by atoms with Crippen molar-refractivity contribution in [2.24, 2.45) is 0 Å². The standard InChI is InChI=1S/C12H11BrClN3O2S/c1-15-11-4-5-16-7-12(11)20(18,19)17-10-3-2-8(13)6-9(10)14/h2-7,17H,1H3,(H,15,16). The van der Waals surface area contributed by atoms with Crippen LogP contribution < -0.4 is 10.0 Å². The second-order valence-electron chi connectivity index (χ2n) is 3.85. The zero-order valence-corrected chi connectivity index (χ0v) is 13.6. The molecule has 0 aliphatic rings. The first-order valence-corrected chi connectivity index (χ1v) is 8.19. The number of halogens is 2. The van der Waals surface area contributed by atoms with Crippen molar-refractivity contribution in [1.29, 1.82) is 0 Å². The van der Waals surface area contributed by atoms with Crippen molar-refractivity contribution in [3.05, 3.63) is 46.2 Å². The molecule has 20 heavy (non-hydrogen) atoms. The lowest BCUT2D eigenvalue weighted by Gasteiger charge is -2.12. The van der Waals surface area contributed by atoms with Crippen LogP contribution in [0.25, 0.3) is 0 Å². The number of hydrogen-bond acceptors (Lipinski definition) is 4. The van der Waals surface area contributed by atoms with Gasteiger partial charge in [0.2, 0.25) is 0 Å². The second-order valence-corrected chi connectivity index (χ2v) is 6.83. The molecule has 0 fully saturated rings. The molecule has 106 valence electrons. The molecule has 0 radical (unpaired) electrons. The summed E-state index contributed by atoms with van der Waals surface area (Å²) < 4.78 is 27.9. The van der Waals surface area contributed by atoms with Crippen LogP contribution in [0.3, 0.4) is 0 Å². The van der Waals surface area contributed by atoms with E-state index in [-0.39, 0.29) is 4.90 Å². The van der Waals surface area contributed by atoms with Crippen LogP contribution in [0.15, 0.2) is 46.0 Å². The predicted octanol–water partition coefficient (Wildman–Crippen LogP) is 3.34. The van der Waals surface area contributed by atoms with Gasteiger partial charge in [-0.1, -0.05) is 27.5 Å². The number of nitrogens with one attached hydrogen (secondary N) is 2. The lowest BCUT2D eigenvalue weighted by atomic mass is 10.3. The Morgan fingerprint density at radius 1 is 1.25 bits per heavy atom. The van der Waals surface area contributed by atoms with Crippen molar-refractivity contribution in [1.82, 2.24) is 4.98 Å². The average molecular weight is 377 g/mol. The Labute approximate surface area is 130 Å². The smallest absolute Gasteiger partial charge is 0.265 e. The number of aromatic nitrogens is 1. The molecule has 0 aliphatic heterocycles. The first kappa shape index (κ1) is 15.1. The molecule has 2 N–H and O–H groups in total. The lowest BCUT2D eigenvalue weighted by Crippen LogP contribution is -2.15. The summed E-state index contributed by atoms with van der Waals surface area (Å²) in [6.45, 7) is 0. The monoisotopic (exact) mass is 375 g/mol. The van der Waals surface area contributed by atoms with Crippen LogP contribution in [-0.4, -0.2) is 20.4 Å². The van der Waals surface area contributed by atoms with E-state index in [1.54, 1.807) is 31.3 Å². The van der Waals surface area contributed by atoms with Crippen molar-refractivity contribution in [3.63, 3.8) is 0 Å². The Hall–Kier alpha value is -1.31. The number of rotatable bonds is 4. The molecule has 0 atom stereocenters. The summed E-state index contributed by atoms with van der Waals surface area (Å²) in [5.41, 5.74) is 0.765. The minimum Gasteiger partial charge on any atom is -0.387 e. The second kappa shape index (κ2) is 5.99. The molecule has 1 heterocycles. The molecule has 0 bridgehead atoms. The molecule has 0 saturated heterocycles. The molecule has 0 aliphatic carbocycles. The third-order valence-corrected chi connectivity index (χ3v) is 4.72. The Morgan fingerprint density at radius 2 is 2.00 bits per heavy atom. The molecule has 2 rings (SSSR count). The fraction of sp³-hybridized carbons (Fsp3) is 0.0833. The van der Waals surface area contributed by atoms with Gasteiger partial charge in [-0.25, -0.2) is 8.42 Å². The van der Waals surface area contributed by atoms with Gasteiger partial charge in [0.25, 0.3) is 10.0 Å². The highest BCUT2D eigenvalue weighted by atomic mass is 79.9. The van der Waals surface area contributed by atoms with Crippen LogP contribution in [0, 0.1) is 0 Å². The molecule has 2 aromatic rings. The van der Waals surface area contributed by atoms with E-state index in [9.17, 15) is 8.42 Å². The third kappa shape index (κ3) is 3.23. The maximum atomic E-state index is 12.4. The summed E-state index contributed by atoms with van der Waals surface area (Å²) in [5.74, 6) is 0. The van der Waals surface area contributed by atoms with Crippen LogP contribution in [0.1, 0.15) is 0 Å². The molecule has 0 saturated carbocycles. The normalized spacial score (nSPS) is 11.2. The highest BCUT2D eigenvalue weighted by Crippen LogP contribution is 2.29. The molecule has 0 spiro atoms. The van der Waals surface area contributed by atoms with E-state index >= 15 is 0 Å². The molecule has 5 nitrogen and oxygen atoms in total. The Kier molecular flexibility index (Phi) is 4.52. The van der Waals surface area contributed by atoms with Gasteiger partial charge in [0.15, 0.2) is 0 Å². The van der Waals surface area contributed by atoms with E-state index < -0.39 is 10.0 Å². The van der Waals surface area contributed by atoms with Crippen molar-refractivity contribution in [2.75, 3.05) is 17.1 Å². The van der Waals surface area contributed by atoms with Gasteiger partial charge >= 0.3 is 0 Å². The van der Waals surface area contributed by atoms with Crippen molar-refractivity contribution in [3.8, 4) is 0 Å². The summed E-state index contributed by atoms with van der Waals surface area (Å²) in [6, 6.07) is 6.48. The van der Waals surface area contributed by atoms with E-state index in [1.807, 2.05) is 0 Å². The van der Waals surface area contributed by atoms with Crippen LogP contribution >= 0.6 is 27.5 Å². The predicted molar refractivity (Wildman–Crippen MR) is 83.7 cm³/mol. The van der Waals surface area contributed by atoms with E-state index in [1.165, 1.54) is 12.4 Å². The molecular weight excluding hydrogens is 366 g/mol. The minimum atomic E-state index is -3.77. The Morgan fingerprint density at radius 3 is 2.65 bits per heavy atom. The maximum absolute atomic E-state index is 12.4. The first-order valence-electron chi connectivity index (χ1n) is 5.53. The minimum absolute atomic E-state index is 0.0569. The molecule has 1 aromatic heterocycles. The van der Waals surface area contributed by atoms with Gasteiger partial charge in [-0.05, 0) is 24.3 Å². The van der Waals surface area contributed by atoms with Gasteiger partial charge in [-0.3, -0.25) is 9.71 Å². The fourth-order valence-electron chi connectivity index (χ4n) is 1.57. The van der Waals surface area contributed by atoms with Crippen molar-refractivity contribution < 1.29 is 8.42 Å². The van der Waals surface area contributed by atoms with Crippen LogP contribution in [0.5, 0.6) is 0 Å². The molecular formula is C12H11BrClN3O2S. The Bertz CT molecular complexity index is 737. The summed E-state index contributed by atoms with van der Waals surface area (Å²) in [6.07, 6.45) is 2.79.